The second-order valence-electron chi connectivity index (χ2n) is 7.83. The van der Waals surface area contributed by atoms with Gasteiger partial charge in [0.25, 0.3) is 5.91 Å². The zero-order chi connectivity index (χ0) is 23.3. The Bertz CT molecular complexity index is 1210. The number of carboxylic acids is 1. The highest BCUT2D eigenvalue weighted by Crippen LogP contribution is 2.22. The van der Waals surface area contributed by atoms with Crippen LogP contribution in [0.25, 0.3) is 22.1 Å². The number of amides is 2. The summed E-state index contributed by atoms with van der Waals surface area (Å²) < 4.78 is 5.38. The molecule has 166 valence electrons. The summed E-state index contributed by atoms with van der Waals surface area (Å²) in [6.45, 7) is 3.25. The molecule has 3 N–H and O–H groups in total. The molecule has 2 aromatic carbocycles. The minimum Gasteiger partial charge on any atom is -0.480 e. The van der Waals surface area contributed by atoms with E-state index in [-0.39, 0.29) is 11.5 Å². The first kappa shape index (κ1) is 22.7. The number of hydrogen-bond donors (Lipinski definition) is 3. The number of nitrogens with one attached hydrogen (secondary N) is 2. The highest BCUT2D eigenvalue weighted by molar-refractivity contribution is 5.99. The van der Waals surface area contributed by atoms with Crippen LogP contribution in [0.4, 0.5) is 0 Å². The van der Waals surface area contributed by atoms with Crippen molar-refractivity contribution in [1.29, 1.82) is 0 Å². The second-order valence-corrected chi connectivity index (χ2v) is 7.83. The van der Waals surface area contributed by atoms with Crippen LogP contribution in [0, 0.1) is 5.92 Å². The summed E-state index contributed by atoms with van der Waals surface area (Å²) in [5.41, 5.74) is 1.03. The van der Waals surface area contributed by atoms with Gasteiger partial charge >= 0.3 is 11.6 Å². The number of hydrogen-bond acceptors (Lipinski definition) is 5. The van der Waals surface area contributed by atoms with E-state index in [9.17, 15) is 19.2 Å². The molecule has 3 rings (SSSR count). The first-order valence-corrected chi connectivity index (χ1v) is 10.2. The lowest BCUT2D eigenvalue weighted by Crippen LogP contribution is -2.48. The zero-order valence-electron chi connectivity index (χ0n) is 17.8. The van der Waals surface area contributed by atoms with Crippen molar-refractivity contribution in [3.8, 4) is 11.1 Å². The molecule has 0 radical (unpaired) electrons. The lowest BCUT2D eigenvalue weighted by atomic mass is 10.0. The van der Waals surface area contributed by atoms with E-state index in [0.717, 1.165) is 5.39 Å². The van der Waals surface area contributed by atoms with E-state index >= 15 is 0 Å². The zero-order valence-corrected chi connectivity index (χ0v) is 17.8. The van der Waals surface area contributed by atoms with Crippen LogP contribution < -0.4 is 16.3 Å². The fraction of sp³-hybridized carbons (Fsp3) is 0.250. The minimum absolute atomic E-state index is 0.0874. The molecule has 0 saturated heterocycles. The molecule has 1 aromatic heterocycles. The highest BCUT2D eigenvalue weighted by atomic mass is 16.4. The van der Waals surface area contributed by atoms with Crippen LogP contribution in [0.3, 0.4) is 0 Å². The second kappa shape index (κ2) is 9.91. The van der Waals surface area contributed by atoms with Crippen molar-refractivity contribution in [3.05, 3.63) is 70.6 Å². The van der Waals surface area contributed by atoms with Crippen molar-refractivity contribution in [3.63, 3.8) is 0 Å². The molecule has 2 amide bonds. The fourth-order valence-corrected chi connectivity index (χ4v) is 3.32. The average molecular weight is 436 g/mol. The van der Waals surface area contributed by atoms with Gasteiger partial charge in [-0.3, -0.25) is 14.4 Å². The summed E-state index contributed by atoms with van der Waals surface area (Å²) in [5, 5.41) is 14.5. The Kier molecular flexibility index (Phi) is 7.04. The van der Waals surface area contributed by atoms with Crippen LogP contribution in [-0.4, -0.2) is 35.5 Å². The molecule has 1 unspecified atom stereocenters. The third-order valence-corrected chi connectivity index (χ3v) is 4.82. The molecule has 1 heterocycles. The van der Waals surface area contributed by atoms with Gasteiger partial charge in [-0.1, -0.05) is 44.2 Å². The van der Waals surface area contributed by atoms with E-state index in [2.05, 4.69) is 10.6 Å². The summed E-state index contributed by atoms with van der Waals surface area (Å²) in [6, 6.07) is 14.4. The first-order chi connectivity index (χ1) is 15.2. The van der Waals surface area contributed by atoms with Gasteiger partial charge in [0, 0.05) is 10.9 Å². The molecule has 0 spiro atoms. The topological polar surface area (TPSA) is 126 Å². The maximum Gasteiger partial charge on any atom is 0.344 e. The molecular formula is C24H24N2O6. The van der Waals surface area contributed by atoms with E-state index in [0.29, 0.717) is 23.1 Å². The van der Waals surface area contributed by atoms with Gasteiger partial charge < -0.3 is 20.2 Å². The number of carboxylic acid groups (broad SMARTS) is 1. The molecular weight excluding hydrogens is 412 g/mol. The monoisotopic (exact) mass is 436 g/mol. The lowest BCUT2D eigenvalue weighted by Gasteiger charge is -2.20. The van der Waals surface area contributed by atoms with E-state index in [4.69, 9.17) is 9.52 Å². The van der Waals surface area contributed by atoms with E-state index in [1.165, 1.54) is 0 Å². The van der Waals surface area contributed by atoms with Gasteiger partial charge in [0.1, 0.15) is 18.2 Å². The summed E-state index contributed by atoms with van der Waals surface area (Å²) in [7, 11) is 0. The average Bonchev–Trinajstić information content (AvgIpc) is 2.76. The van der Waals surface area contributed by atoms with Crippen molar-refractivity contribution in [2.45, 2.75) is 26.3 Å². The fourth-order valence-electron chi connectivity index (χ4n) is 3.32. The summed E-state index contributed by atoms with van der Waals surface area (Å²) in [6.07, 6.45) is 0.338. The van der Waals surface area contributed by atoms with Crippen LogP contribution in [0.15, 0.2) is 63.8 Å². The predicted molar refractivity (Wildman–Crippen MR) is 119 cm³/mol. The number of carbonyl (C=O) groups excluding carboxylic acids is 2. The van der Waals surface area contributed by atoms with Crippen LogP contribution in [0.2, 0.25) is 0 Å². The minimum atomic E-state index is -1.17. The van der Waals surface area contributed by atoms with Crippen molar-refractivity contribution in [2.75, 3.05) is 6.54 Å². The normalized spacial score (nSPS) is 11.8. The van der Waals surface area contributed by atoms with Crippen molar-refractivity contribution in [2.24, 2.45) is 5.92 Å². The van der Waals surface area contributed by atoms with E-state index < -0.39 is 36.0 Å². The van der Waals surface area contributed by atoms with Gasteiger partial charge in [-0.15, -0.1) is 0 Å². The number of carbonyl (C=O) groups is 3. The molecule has 8 nitrogen and oxygen atoms in total. The van der Waals surface area contributed by atoms with Gasteiger partial charge in [0.05, 0.1) is 5.56 Å². The summed E-state index contributed by atoms with van der Waals surface area (Å²) in [5.74, 6) is -2.16. The Morgan fingerprint density at radius 2 is 1.78 bits per heavy atom. The SMILES string of the molecule is CC(C)CC(NC(=O)c1cccc(-c2cc3ccccc3oc2=O)c1)C(=O)NCC(=O)O. The lowest BCUT2D eigenvalue weighted by molar-refractivity contribution is -0.138. The maximum atomic E-state index is 12.9. The maximum absolute atomic E-state index is 12.9. The predicted octanol–water partition coefficient (Wildman–Crippen LogP) is 2.81. The van der Waals surface area contributed by atoms with Crippen LogP contribution >= 0.6 is 0 Å². The van der Waals surface area contributed by atoms with Gasteiger partial charge in [-0.05, 0) is 42.2 Å². The standard InChI is InChI=1S/C24H24N2O6/c1-14(2)10-19(23(30)25-13-21(27)28)26-22(29)17-8-5-7-15(11-17)18-12-16-6-3-4-9-20(16)32-24(18)31/h3-9,11-12,14,19H,10,13H2,1-2H3,(H,25,30)(H,26,29)(H,27,28). The molecule has 0 aliphatic carbocycles. The van der Waals surface area contributed by atoms with Gasteiger partial charge in [-0.2, -0.15) is 0 Å². The number of rotatable bonds is 8. The molecule has 8 heteroatoms. The van der Waals surface area contributed by atoms with Crippen LogP contribution in [0.5, 0.6) is 0 Å². The van der Waals surface area contributed by atoms with Crippen LogP contribution in [-0.2, 0) is 9.59 Å². The van der Waals surface area contributed by atoms with E-state index in [1.54, 1.807) is 42.5 Å². The number of aliphatic carboxylic acids is 1. The first-order valence-electron chi connectivity index (χ1n) is 10.2. The molecule has 0 fully saturated rings. The summed E-state index contributed by atoms with van der Waals surface area (Å²) in [4.78, 5) is 48.4. The number of para-hydroxylation sites is 1. The Hall–Kier alpha value is -3.94. The van der Waals surface area contributed by atoms with Gasteiger partial charge in [0.2, 0.25) is 5.91 Å². The Morgan fingerprint density at radius 3 is 2.50 bits per heavy atom. The summed E-state index contributed by atoms with van der Waals surface area (Å²) >= 11 is 0. The molecule has 3 aromatic rings. The van der Waals surface area contributed by atoms with Crippen LogP contribution in [0.1, 0.15) is 30.6 Å². The van der Waals surface area contributed by atoms with Gasteiger partial charge in [-0.25, -0.2) is 4.79 Å². The Labute approximate surface area is 184 Å². The third kappa shape index (κ3) is 5.60. The van der Waals surface area contributed by atoms with E-state index in [1.807, 2.05) is 26.0 Å². The molecule has 0 bridgehead atoms. The molecule has 0 saturated carbocycles. The Balaban J connectivity index is 1.85. The van der Waals surface area contributed by atoms with Crippen molar-refractivity contribution < 1.29 is 23.9 Å². The molecule has 0 aliphatic heterocycles. The smallest absolute Gasteiger partial charge is 0.344 e. The Morgan fingerprint density at radius 1 is 1.03 bits per heavy atom. The molecule has 32 heavy (non-hydrogen) atoms. The largest absolute Gasteiger partial charge is 0.480 e. The number of fused-ring (bicyclic) bond motifs is 1. The third-order valence-electron chi connectivity index (χ3n) is 4.82. The highest BCUT2D eigenvalue weighted by Gasteiger charge is 2.23. The van der Waals surface area contributed by atoms with Crippen molar-refractivity contribution in [1.82, 2.24) is 10.6 Å². The quantitative estimate of drug-likeness (QED) is 0.466. The number of benzene rings is 2. The molecule has 0 aliphatic rings. The van der Waals surface area contributed by atoms with Crippen molar-refractivity contribution >= 4 is 28.8 Å². The molecule has 1 atom stereocenters. The van der Waals surface area contributed by atoms with Gasteiger partial charge in [0.15, 0.2) is 0 Å².